The molecule has 0 amide bonds. The largest absolute Gasteiger partial charge is 0.492 e. The molecule has 1 aliphatic rings. The summed E-state index contributed by atoms with van der Waals surface area (Å²) in [6.45, 7) is 2.29. The highest BCUT2D eigenvalue weighted by molar-refractivity contribution is 9.10. The molecule has 0 aliphatic carbocycles. The van der Waals surface area contributed by atoms with E-state index in [2.05, 4.69) is 20.7 Å². The van der Waals surface area contributed by atoms with Gasteiger partial charge in [0.1, 0.15) is 10.6 Å². The van der Waals surface area contributed by atoms with E-state index < -0.39 is 28.1 Å². The van der Waals surface area contributed by atoms with Gasteiger partial charge in [0.2, 0.25) is 6.10 Å². The summed E-state index contributed by atoms with van der Waals surface area (Å²) in [6, 6.07) is 10.4. The monoisotopic (exact) mass is 483 g/mol. The van der Waals surface area contributed by atoms with Gasteiger partial charge in [0.25, 0.3) is 10.0 Å². The molecular formula is C19H18BrNO7S. The number of esters is 2. The van der Waals surface area contributed by atoms with Crippen molar-refractivity contribution in [2.24, 2.45) is 0 Å². The van der Waals surface area contributed by atoms with Gasteiger partial charge in [-0.1, -0.05) is 15.9 Å². The Balaban J connectivity index is 1.74. The van der Waals surface area contributed by atoms with Gasteiger partial charge in [0.15, 0.2) is 0 Å². The molecule has 154 valence electrons. The highest BCUT2D eigenvalue weighted by Gasteiger charge is 2.30. The summed E-state index contributed by atoms with van der Waals surface area (Å²) < 4.78 is 43.8. The van der Waals surface area contributed by atoms with Gasteiger partial charge in [0.05, 0.1) is 18.8 Å². The number of ether oxygens (including phenoxy) is 3. The first-order valence-electron chi connectivity index (χ1n) is 8.73. The second-order valence-electron chi connectivity index (χ2n) is 6.06. The van der Waals surface area contributed by atoms with Crippen molar-refractivity contribution < 1.29 is 32.2 Å². The number of nitrogens with one attached hydrogen (secondary N) is 1. The Morgan fingerprint density at radius 2 is 1.97 bits per heavy atom. The smallest absolute Gasteiger partial charge is 0.347 e. The van der Waals surface area contributed by atoms with Crippen LogP contribution in [0.15, 0.2) is 51.8 Å². The van der Waals surface area contributed by atoms with Crippen molar-refractivity contribution in [1.29, 1.82) is 0 Å². The van der Waals surface area contributed by atoms with Crippen molar-refractivity contribution in [3.8, 4) is 5.75 Å². The summed E-state index contributed by atoms with van der Waals surface area (Å²) in [5.41, 5.74) is 0.439. The lowest BCUT2D eigenvalue weighted by molar-refractivity contribution is -0.145. The van der Waals surface area contributed by atoms with Crippen molar-refractivity contribution in [3.05, 3.63) is 52.5 Å². The lowest BCUT2D eigenvalue weighted by Gasteiger charge is -2.13. The second kappa shape index (κ2) is 8.83. The van der Waals surface area contributed by atoms with Crippen LogP contribution in [0, 0.1) is 0 Å². The number of halogens is 1. The molecule has 1 heterocycles. The molecule has 0 aromatic heterocycles. The first kappa shape index (κ1) is 21.1. The SMILES string of the molecule is CCOc1ccc(Br)cc1S(=O)(=O)Nc1ccc(C(=O)OC2CCOC2=O)cc1. The molecule has 1 atom stereocenters. The van der Waals surface area contributed by atoms with Crippen LogP contribution in [0.25, 0.3) is 0 Å². The molecule has 1 N–H and O–H groups in total. The van der Waals surface area contributed by atoms with Gasteiger partial charge in [-0.05, 0) is 49.4 Å². The van der Waals surface area contributed by atoms with E-state index in [1.165, 1.54) is 30.3 Å². The predicted octanol–water partition coefficient (Wildman–Crippen LogP) is 3.12. The van der Waals surface area contributed by atoms with Crippen molar-refractivity contribution in [2.45, 2.75) is 24.3 Å². The third kappa shape index (κ3) is 5.07. The maximum Gasteiger partial charge on any atom is 0.347 e. The molecule has 0 spiro atoms. The quantitative estimate of drug-likeness (QED) is 0.602. The molecule has 29 heavy (non-hydrogen) atoms. The third-order valence-electron chi connectivity index (χ3n) is 4.00. The van der Waals surface area contributed by atoms with Crippen LogP contribution >= 0.6 is 15.9 Å². The Kier molecular flexibility index (Phi) is 6.43. The molecule has 1 saturated heterocycles. The number of hydrogen-bond acceptors (Lipinski definition) is 7. The molecule has 0 bridgehead atoms. The fraction of sp³-hybridized carbons (Fsp3) is 0.263. The van der Waals surface area contributed by atoms with Crippen LogP contribution in [0.2, 0.25) is 0 Å². The molecule has 1 aliphatic heterocycles. The van der Waals surface area contributed by atoms with Gasteiger partial charge in [-0.25, -0.2) is 18.0 Å². The number of rotatable bonds is 7. The first-order valence-corrected chi connectivity index (χ1v) is 11.0. The number of hydrogen-bond donors (Lipinski definition) is 1. The Hall–Kier alpha value is -2.59. The third-order valence-corrected chi connectivity index (χ3v) is 5.90. The van der Waals surface area contributed by atoms with Gasteiger partial charge in [-0.2, -0.15) is 0 Å². The molecule has 10 heteroatoms. The summed E-state index contributed by atoms with van der Waals surface area (Å²) in [5.74, 6) is -1.03. The molecule has 0 radical (unpaired) electrons. The Bertz CT molecular complexity index is 1020. The van der Waals surface area contributed by atoms with Crippen molar-refractivity contribution in [1.82, 2.24) is 0 Å². The van der Waals surface area contributed by atoms with Crippen LogP contribution in [0.3, 0.4) is 0 Å². The van der Waals surface area contributed by atoms with E-state index in [0.717, 1.165) is 0 Å². The molecule has 3 rings (SSSR count). The minimum absolute atomic E-state index is 0.0167. The van der Waals surface area contributed by atoms with E-state index in [0.29, 0.717) is 17.5 Å². The highest BCUT2D eigenvalue weighted by Crippen LogP contribution is 2.29. The van der Waals surface area contributed by atoms with Crippen LogP contribution in [0.1, 0.15) is 23.7 Å². The fourth-order valence-electron chi connectivity index (χ4n) is 2.63. The average Bonchev–Trinajstić information content (AvgIpc) is 3.08. The van der Waals surface area contributed by atoms with Crippen molar-refractivity contribution in [2.75, 3.05) is 17.9 Å². The fourth-order valence-corrected chi connectivity index (χ4v) is 4.38. The maximum absolute atomic E-state index is 12.8. The van der Waals surface area contributed by atoms with Crippen LogP contribution in [-0.4, -0.2) is 39.7 Å². The molecule has 0 saturated carbocycles. The number of benzene rings is 2. The molecule has 2 aromatic rings. The first-order chi connectivity index (χ1) is 13.8. The highest BCUT2D eigenvalue weighted by atomic mass is 79.9. The van der Waals surface area contributed by atoms with E-state index >= 15 is 0 Å². The van der Waals surface area contributed by atoms with E-state index in [1.54, 1.807) is 19.1 Å². The zero-order chi connectivity index (χ0) is 21.0. The number of carbonyl (C=O) groups excluding carboxylic acids is 2. The van der Waals surface area contributed by atoms with E-state index in [1.807, 2.05) is 0 Å². The lowest BCUT2D eigenvalue weighted by atomic mass is 10.2. The van der Waals surface area contributed by atoms with E-state index in [9.17, 15) is 18.0 Å². The minimum atomic E-state index is -3.93. The molecule has 1 fully saturated rings. The normalized spacial score (nSPS) is 16.2. The van der Waals surface area contributed by atoms with Gasteiger partial charge >= 0.3 is 11.9 Å². The van der Waals surface area contributed by atoms with Crippen molar-refractivity contribution in [3.63, 3.8) is 0 Å². The van der Waals surface area contributed by atoms with Gasteiger partial charge in [0, 0.05) is 16.6 Å². The summed E-state index contributed by atoms with van der Waals surface area (Å²) in [5, 5.41) is 0. The molecule has 2 aromatic carbocycles. The Morgan fingerprint density at radius 1 is 1.24 bits per heavy atom. The number of carbonyl (C=O) groups is 2. The minimum Gasteiger partial charge on any atom is -0.492 e. The van der Waals surface area contributed by atoms with Crippen LogP contribution < -0.4 is 9.46 Å². The average molecular weight is 484 g/mol. The van der Waals surface area contributed by atoms with Gasteiger partial charge in [-0.3, -0.25) is 4.72 Å². The van der Waals surface area contributed by atoms with Crippen LogP contribution in [0.5, 0.6) is 5.75 Å². The maximum atomic E-state index is 12.8. The number of anilines is 1. The molecular weight excluding hydrogens is 466 g/mol. The van der Waals surface area contributed by atoms with Crippen LogP contribution in [-0.2, 0) is 24.3 Å². The predicted molar refractivity (Wildman–Crippen MR) is 107 cm³/mol. The topological polar surface area (TPSA) is 108 Å². The Morgan fingerprint density at radius 3 is 2.59 bits per heavy atom. The zero-order valence-electron chi connectivity index (χ0n) is 15.4. The molecule has 1 unspecified atom stereocenters. The van der Waals surface area contributed by atoms with E-state index in [-0.39, 0.29) is 28.5 Å². The lowest BCUT2D eigenvalue weighted by Crippen LogP contribution is -2.22. The molecule has 8 nitrogen and oxygen atoms in total. The summed E-state index contributed by atoms with van der Waals surface area (Å²) in [4.78, 5) is 23.5. The second-order valence-corrected chi connectivity index (χ2v) is 8.62. The Labute approximate surface area is 176 Å². The number of cyclic esters (lactones) is 1. The standard InChI is InChI=1S/C19H18BrNO7S/c1-2-26-15-8-5-13(20)11-17(15)29(24,25)21-14-6-3-12(4-7-14)18(22)28-16-9-10-27-19(16)23/h3-8,11,16,21H,2,9-10H2,1H3. The summed E-state index contributed by atoms with van der Waals surface area (Å²) in [6.07, 6.45) is -0.591. The van der Waals surface area contributed by atoms with E-state index in [4.69, 9.17) is 14.2 Å². The summed E-state index contributed by atoms with van der Waals surface area (Å²) in [7, 11) is -3.93. The van der Waals surface area contributed by atoms with Gasteiger partial charge in [-0.15, -0.1) is 0 Å². The summed E-state index contributed by atoms with van der Waals surface area (Å²) >= 11 is 3.26. The van der Waals surface area contributed by atoms with Crippen molar-refractivity contribution >= 4 is 43.6 Å². The zero-order valence-corrected chi connectivity index (χ0v) is 17.8. The van der Waals surface area contributed by atoms with Crippen LogP contribution in [0.4, 0.5) is 5.69 Å². The van der Waals surface area contributed by atoms with Gasteiger partial charge < -0.3 is 14.2 Å². The number of sulfonamides is 1.